The molecule has 0 amide bonds. The minimum atomic E-state index is -0.600. The van der Waals surface area contributed by atoms with E-state index in [0.717, 1.165) is 6.07 Å². The molecule has 0 saturated carbocycles. The van der Waals surface area contributed by atoms with Gasteiger partial charge in [0.1, 0.15) is 13.2 Å². The number of carbonyl (C=O) groups is 1. The van der Waals surface area contributed by atoms with Crippen molar-refractivity contribution < 1.29 is 19.9 Å². The van der Waals surface area contributed by atoms with Gasteiger partial charge in [-0.3, -0.25) is 19.5 Å². The van der Waals surface area contributed by atoms with Gasteiger partial charge in [0.15, 0.2) is 17.4 Å². The van der Waals surface area contributed by atoms with Crippen molar-refractivity contribution in [3.05, 3.63) is 81.4 Å². The molecule has 0 aliphatic carbocycles. The van der Waals surface area contributed by atoms with Crippen LogP contribution < -0.4 is 0 Å². The standard InChI is InChI=1S/C17H14N4O5/c22-9-15-18-19-16(10-23)20(15)14-7-6-12(21(25)26)8-13(14)17(24)11-4-2-1-3-5-11/h1-8,22-23H,9-10H2. The van der Waals surface area contributed by atoms with Gasteiger partial charge in [0.2, 0.25) is 0 Å². The minimum Gasteiger partial charge on any atom is -0.388 e. The Morgan fingerprint density at radius 1 is 1.04 bits per heavy atom. The van der Waals surface area contributed by atoms with Gasteiger partial charge < -0.3 is 10.2 Å². The van der Waals surface area contributed by atoms with Crippen LogP contribution in [0.5, 0.6) is 0 Å². The van der Waals surface area contributed by atoms with Crippen LogP contribution in [-0.4, -0.2) is 35.7 Å². The molecule has 2 N–H and O–H groups in total. The van der Waals surface area contributed by atoms with E-state index < -0.39 is 23.9 Å². The van der Waals surface area contributed by atoms with E-state index in [9.17, 15) is 25.1 Å². The molecule has 0 atom stereocenters. The van der Waals surface area contributed by atoms with E-state index >= 15 is 0 Å². The minimum absolute atomic E-state index is 0.0367. The Hall–Kier alpha value is -3.43. The summed E-state index contributed by atoms with van der Waals surface area (Å²) in [6, 6.07) is 12.1. The molecular formula is C17H14N4O5. The van der Waals surface area contributed by atoms with Crippen LogP contribution in [0.15, 0.2) is 48.5 Å². The van der Waals surface area contributed by atoms with Gasteiger partial charge in [-0.25, -0.2) is 0 Å². The highest BCUT2D eigenvalue weighted by Gasteiger charge is 2.23. The SMILES string of the molecule is O=C(c1ccccc1)c1cc([N+](=O)[O-])ccc1-n1c(CO)nnc1CO. The van der Waals surface area contributed by atoms with E-state index in [1.807, 2.05) is 0 Å². The summed E-state index contributed by atoms with van der Waals surface area (Å²) >= 11 is 0. The monoisotopic (exact) mass is 354 g/mol. The number of ketones is 1. The number of aliphatic hydroxyl groups is 2. The van der Waals surface area contributed by atoms with Gasteiger partial charge in [-0.2, -0.15) is 0 Å². The van der Waals surface area contributed by atoms with Crippen LogP contribution in [0, 0.1) is 10.1 Å². The molecule has 2 aromatic carbocycles. The van der Waals surface area contributed by atoms with Gasteiger partial charge in [0, 0.05) is 17.7 Å². The first-order valence-electron chi connectivity index (χ1n) is 7.60. The molecule has 3 rings (SSSR count). The van der Waals surface area contributed by atoms with Crippen molar-refractivity contribution in [2.45, 2.75) is 13.2 Å². The summed E-state index contributed by atoms with van der Waals surface area (Å²) in [6.45, 7) is -0.966. The summed E-state index contributed by atoms with van der Waals surface area (Å²) < 4.78 is 1.32. The van der Waals surface area contributed by atoms with Crippen molar-refractivity contribution in [3.8, 4) is 5.69 Å². The van der Waals surface area contributed by atoms with Gasteiger partial charge in [0.25, 0.3) is 5.69 Å². The number of carbonyl (C=O) groups excluding carboxylic acids is 1. The lowest BCUT2D eigenvalue weighted by Gasteiger charge is -2.13. The lowest BCUT2D eigenvalue weighted by molar-refractivity contribution is -0.384. The Morgan fingerprint density at radius 2 is 1.65 bits per heavy atom. The number of nitro benzene ring substituents is 1. The maximum Gasteiger partial charge on any atom is 0.270 e. The van der Waals surface area contributed by atoms with Crippen LogP contribution in [0.3, 0.4) is 0 Å². The van der Waals surface area contributed by atoms with Crippen molar-refractivity contribution in [2.75, 3.05) is 0 Å². The molecule has 1 heterocycles. The first kappa shape index (κ1) is 17.4. The summed E-state index contributed by atoms with van der Waals surface area (Å²) in [4.78, 5) is 23.5. The highest BCUT2D eigenvalue weighted by Crippen LogP contribution is 2.26. The third-order valence-corrected chi connectivity index (χ3v) is 3.79. The second-order valence-corrected chi connectivity index (χ2v) is 5.34. The zero-order valence-electron chi connectivity index (χ0n) is 13.4. The van der Waals surface area contributed by atoms with Gasteiger partial charge in [-0.05, 0) is 6.07 Å². The van der Waals surface area contributed by atoms with Gasteiger partial charge >= 0.3 is 0 Å². The lowest BCUT2D eigenvalue weighted by atomic mass is 10.0. The summed E-state index contributed by atoms with van der Waals surface area (Å²) in [5, 5.41) is 37.6. The Morgan fingerprint density at radius 3 is 2.19 bits per heavy atom. The Bertz CT molecular complexity index is 947. The molecule has 9 nitrogen and oxygen atoms in total. The van der Waals surface area contributed by atoms with Crippen LogP contribution in [-0.2, 0) is 13.2 Å². The van der Waals surface area contributed by atoms with E-state index in [1.54, 1.807) is 30.3 Å². The average molecular weight is 354 g/mol. The highest BCUT2D eigenvalue weighted by atomic mass is 16.6. The van der Waals surface area contributed by atoms with Crippen molar-refractivity contribution in [2.24, 2.45) is 0 Å². The predicted molar refractivity (Wildman–Crippen MR) is 89.7 cm³/mol. The molecule has 0 bridgehead atoms. The summed E-state index contributed by atoms with van der Waals surface area (Å²) in [7, 11) is 0. The first-order valence-corrected chi connectivity index (χ1v) is 7.60. The molecule has 0 radical (unpaired) electrons. The smallest absolute Gasteiger partial charge is 0.270 e. The quantitative estimate of drug-likeness (QED) is 0.388. The number of nitro groups is 1. The fourth-order valence-electron chi connectivity index (χ4n) is 2.60. The molecule has 0 aliphatic heterocycles. The van der Waals surface area contributed by atoms with Gasteiger partial charge in [0.05, 0.1) is 16.2 Å². The zero-order chi connectivity index (χ0) is 18.7. The van der Waals surface area contributed by atoms with Gasteiger partial charge in [-0.15, -0.1) is 10.2 Å². The Balaban J connectivity index is 2.25. The van der Waals surface area contributed by atoms with E-state index in [1.165, 1.54) is 16.7 Å². The van der Waals surface area contributed by atoms with Crippen molar-refractivity contribution in [1.29, 1.82) is 0 Å². The topological polar surface area (TPSA) is 131 Å². The number of aliphatic hydroxyl groups excluding tert-OH is 2. The number of nitrogens with zero attached hydrogens (tertiary/aromatic N) is 4. The number of non-ortho nitro benzene ring substituents is 1. The van der Waals surface area contributed by atoms with Crippen LogP contribution in [0.4, 0.5) is 5.69 Å². The normalized spacial score (nSPS) is 10.7. The predicted octanol–water partition coefficient (Wildman–Crippen LogP) is 1.39. The molecule has 26 heavy (non-hydrogen) atoms. The molecule has 0 spiro atoms. The maximum absolute atomic E-state index is 12.9. The molecule has 0 aliphatic rings. The number of hydrogen-bond donors (Lipinski definition) is 2. The molecule has 0 saturated heterocycles. The Labute approximate surface area is 147 Å². The third kappa shape index (κ3) is 3.08. The second-order valence-electron chi connectivity index (χ2n) is 5.34. The second kappa shape index (κ2) is 7.21. The summed E-state index contributed by atoms with van der Waals surface area (Å²) in [5.41, 5.74) is 0.368. The number of aromatic nitrogens is 3. The molecule has 132 valence electrons. The largest absolute Gasteiger partial charge is 0.388 e. The van der Waals surface area contributed by atoms with Crippen molar-refractivity contribution in [3.63, 3.8) is 0 Å². The molecule has 1 aromatic heterocycles. The van der Waals surface area contributed by atoms with Crippen molar-refractivity contribution in [1.82, 2.24) is 14.8 Å². The van der Waals surface area contributed by atoms with Gasteiger partial charge in [-0.1, -0.05) is 30.3 Å². The van der Waals surface area contributed by atoms with Crippen molar-refractivity contribution >= 4 is 11.5 Å². The number of benzene rings is 2. The van der Waals surface area contributed by atoms with E-state index in [0.29, 0.717) is 5.56 Å². The molecular weight excluding hydrogens is 340 g/mol. The summed E-state index contributed by atoms with van der Waals surface area (Å²) in [5.74, 6) is -0.235. The molecule has 9 heteroatoms. The fraction of sp³-hybridized carbons (Fsp3) is 0.118. The number of hydrogen-bond acceptors (Lipinski definition) is 7. The first-order chi connectivity index (χ1) is 12.6. The van der Waals surface area contributed by atoms with Crippen LogP contribution in [0.2, 0.25) is 0 Å². The average Bonchev–Trinajstić information content (AvgIpc) is 3.10. The third-order valence-electron chi connectivity index (χ3n) is 3.79. The van der Waals surface area contributed by atoms with Crippen LogP contribution in [0.25, 0.3) is 5.69 Å². The molecule has 0 unspecified atom stereocenters. The Kier molecular flexibility index (Phi) is 4.83. The highest BCUT2D eigenvalue weighted by molar-refractivity contribution is 6.11. The molecule has 0 fully saturated rings. The van der Waals surface area contributed by atoms with E-state index in [-0.39, 0.29) is 28.6 Å². The molecule has 3 aromatic rings. The van der Waals surface area contributed by atoms with Crippen LogP contribution in [0.1, 0.15) is 27.6 Å². The van der Waals surface area contributed by atoms with E-state index in [4.69, 9.17) is 0 Å². The van der Waals surface area contributed by atoms with E-state index in [2.05, 4.69) is 10.2 Å². The van der Waals surface area contributed by atoms with Crippen LogP contribution >= 0.6 is 0 Å². The number of rotatable bonds is 6. The maximum atomic E-state index is 12.9. The fourth-order valence-corrected chi connectivity index (χ4v) is 2.60. The zero-order valence-corrected chi connectivity index (χ0v) is 13.4. The lowest BCUT2D eigenvalue weighted by Crippen LogP contribution is -2.13. The summed E-state index contributed by atoms with van der Waals surface area (Å²) in [6.07, 6.45) is 0.